The minimum Gasteiger partial charge on any atom is -0.379 e. The van der Waals surface area contributed by atoms with E-state index in [1.165, 1.54) is 11.0 Å². The molecule has 26 heavy (non-hydrogen) atoms. The number of aromatic nitrogens is 2. The maximum Gasteiger partial charge on any atom is 0.256 e. The van der Waals surface area contributed by atoms with E-state index in [1.807, 2.05) is 0 Å². The molecule has 0 bridgehead atoms. The number of halogens is 2. The monoisotopic (exact) mass is 364 g/mol. The molecule has 3 rings (SSSR count). The number of hydrogen-bond acceptors (Lipinski definition) is 4. The Hall–Kier alpha value is -2.32. The summed E-state index contributed by atoms with van der Waals surface area (Å²) in [5.41, 5.74) is -0.0155. The highest BCUT2D eigenvalue weighted by Crippen LogP contribution is 2.24. The molecular weight excluding hydrogens is 342 g/mol. The van der Waals surface area contributed by atoms with Gasteiger partial charge in [-0.1, -0.05) is 6.07 Å². The number of likely N-dealkylation sites (tertiary alicyclic amines) is 1. The van der Waals surface area contributed by atoms with Gasteiger partial charge in [0.15, 0.2) is 17.2 Å². The smallest absolute Gasteiger partial charge is 0.256 e. The summed E-state index contributed by atoms with van der Waals surface area (Å²) in [6.45, 7) is 1.37. The molecule has 6 nitrogen and oxygen atoms in total. The fourth-order valence-electron chi connectivity index (χ4n) is 3.18. The Morgan fingerprint density at radius 3 is 2.92 bits per heavy atom. The lowest BCUT2D eigenvalue weighted by atomic mass is 9.91. The van der Waals surface area contributed by atoms with E-state index in [0.29, 0.717) is 37.9 Å². The van der Waals surface area contributed by atoms with Crippen molar-refractivity contribution in [1.29, 1.82) is 0 Å². The Labute approximate surface area is 150 Å². The van der Waals surface area contributed by atoms with Gasteiger partial charge in [-0.05, 0) is 30.5 Å². The lowest BCUT2D eigenvalue weighted by Gasteiger charge is -2.38. The zero-order valence-corrected chi connectivity index (χ0v) is 14.3. The van der Waals surface area contributed by atoms with Gasteiger partial charge in [-0.25, -0.2) is 13.8 Å². The van der Waals surface area contributed by atoms with Gasteiger partial charge in [0.1, 0.15) is 0 Å². The van der Waals surface area contributed by atoms with Crippen molar-refractivity contribution in [3.05, 3.63) is 53.6 Å². The van der Waals surface area contributed by atoms with Crippen LogP contribution >= 0.6 is 0 Å². The first-order valence-corrected chi connectivity index (χ1v) is 8.61. The molecule has 2 heterocycles. The van der Waals surface area contributed by atoms with E-state index in [4.69, 9.17) is 0 Å². The first-order valence-electron chi connectivity index (χ1n) is 8.61. The van der Waals surface area contributed by atoms with E-state index in [1.54, 1.807) is 12.5 Å². The average Bonchev–Trinajstić information content (AvgIpc) is 3.13. The highest BCUT2D eigenvalue weighted by Gasteiger charge is 2.41. The van der Waals surface area contributed by atoms with Crippen LogP contribution in [0.3, 0.4) is 0 Å². The second kappa shape index (κ2) is 7.92. The van der Waals surface area contributed by atoms with Crippen molar-refractivity contribution in [3.8, 4) is 0 Å². The van der Waals surface area contributed by atoms with Crippen molar-refractivity contribution in [3.63, 3.8) is 0 Å². The van der Waals surface area contributed by atoms with Crippen LogP contribution in [-0.4, -0.2) is 51.1 Å². The van der Waals surface area contributed by atoms with Crippen LogP contribution in [0.1, 0.15) is 24.1 Å². The van der Waals surface area contributed by atoms with Gasteiger partial charge in [-0.2, -0.15) is 0 Å². The van der Waals surface area contributed by atoms with Crippen LogP contribution in [0.25, 0.3) is 0 Å². The number of nitrogens with zero attached hydrogens (tertiary/aromatic N) is 2. The number of imidazole rings is 1. The van der Waals surface area contributed by atoms with Gasteiger partial charge in [0, 0.05) is 44.5 Å². The molecule has 1 aliphatic heterocycles. The molecule has 140 valence electrons. The van der Waals surface area contributed by atoms with Crippen LogP contribution < -0.4 is 5.32 Å². The van der Waals surface area contributed by atoms with Gasteiger partial charge in [-0.15, -0.1) is 0 Å². The number of benzene rings is 1. The van der Waals surface area contributed by atoms with Gasteiger partial charge in [0.05, 0.1) is 6.33 Å². The Bertz CT molecular complexity index is 754. The summed E-state index contributed by atoms with van der Waals surface area (Å²) in [7, 11) is 0. The van der Waals surface area contributed by atoms with E-state index in [2.05, 4.69) is 15.3 Å². The Balaban J connectivity index is 1.56. The minimum absolute atomic E-state index is 0.145. The number of H-pyrrole nitrogens is 1. The molecule has 2 aromatic rings. The largest absolute Gasteiger partial charge is 0.379 e. The Kier molecular flexibility index (Phi) is 5.63. The normalized spacial score (nSPS) is 20.6. The number of carbonyl (C=O) groups excluding carboxylic acids is 1. The van der Waals surface area contributed by atoms with Crippen molar-refractivity contribution in [1.82, 2.24) is 20.2 Å². The van der Waals surface area contributed by atoms with Gasteiger partial charge in [0.25, 0.3) is 5.91 Å². The first kappa shape index (κ1) is 18.5. The fraction of sp³-hybridized carbons (Fsp3) is 0.444. The second-order valence-electron chi connectivity index (χ2n) is 6.61. The molecule has 1 aromatic carbocycles. The van der Waals surface area contributed by atoms with Crippen molar-refractivity contribution < 1.29 is 18.7 Å². The molecule has 1 saturated heterocycles. The number of nitrogens with one attached hydrogen (secondary N) is 2. The minimum atomic E-state index is -1.48. The summed E-state index contributed by atoms with van der Waals surface area (Å²) in [6.07, 6.45) is 5.06. The summed E-state index contributed by atoms with van der Waals surface area (Å²) in [6, 6.07) is 3.57. The van der Waals surface area contributed by atoms with E-state index in [-0.39, 0.29) is 19.0 Å². The third kappa shape index (κ3) is 4.25. The zero-order valence-electron chi connectivity index (χ0n) is 14.3. The Morgan fingerprint density at radius 2 is 2.19 bits per heavy atom. The number of amides is 1. The molecule has 1 amide bonds. The second-order valence-corrected chi connectivity index (χ2v) is 6.61. The third-order valence-electron chi connectivity index (χ3n) is 4.60. The van der Waals surface area contributed by atoms with Crippen molar-refractivity contribution in [2.45, 2.75) is 31.4 Å². The molecule has 3 N–H and O–H groups in total. The Morgan fingerprint density at radius 1 is 1.35 bits per heavy atom. The van der Waals surface area contributed by atoms with Gasteiger partial charge >= 0.3 is 0 Å². The molecule has 0 spiro atoms. The van der Waals surface area contributed by atoms with E-state index < -0.39 is 17.2 Å². The van der Waals surface area contributed by atoms with Crippen LogP contribution in [-0.2, 0) is 17.8 Å². The molecular formula is C18H22F2N4O2. The SMILES string of the molecule is O=C1N(Cc2ccc(F)c(F)c2)CCC[C@@]1(O)CNCCc1cnc[nH]1. The number of aliphatic hydroxyl groups is 1. The zero-order chi connectivity index (χ0) is 18.6. The highest BCUT2D eigenvalue weighted by molar-refractivity contribution is 5.86. The number of aromatic amines is 1. The molecule has 1 fully saturated rings. The third-order valence-corrected chi connectivity index (χ3v) is 4.60. The van der Waals surface area contributed by atoms with Gasteiger partial charge < -0.3 is 20.3 Å². The molecule has 0 unspecified atom stereocenters. The predicted molar refractivity (Wildman–Crippen MR) is 91.1 cm³/mol. The van der Waals surface area contributed by atoms with Crippen molar-refractivity contribution in [2.75, 3.05) is 19.6 Å². The quantitative estimate of drug-likeness (QED) is 0.649. The van der Waals surface area contributed by atoms with E-state index >= 15 is 0 Å². The van der Waals surface area contributed by atoms with Crippen LogP contribution in [0.4, 0.5) is 8.78 Å². The molecule has 0 saturated carbocycles. The number of carbonyl (C=O) groups is 1. The van der Waals surface area contributed by atoms with Gasteiger partial charge in [-0.3, -0.25) is 4.79 Å². The molecule has 1 aromatic heterocycles. The molecule has 0 aliphatic carbocycles. The molecule has 0 radical (unpaired) electrons. The summed E-state index contributed by atoms with van der Waals surface area (Å²) in [4.78, 5) is 21.1. The van der Waals surface area contributed by atoms with Crippen LogP contribution in [0.5, 0.6) is 0 Å². The number of rotatable bonds is 7. The maximum absolute atomic E-state index is 13.4. The lowest BCUT2D eigenvalue weighted by molar-refractivity contribution is -0.157. The van der Waals surface area contributed by atoms with Crippen LogP contribution in [0.2, 0.25) is 0 Å². The predicted octanol–water partition coefficient (Wildman–Crippen LogP) is 1.37. The summed E-state index contributed by atoms with van der Waals surface area (Å²) in [5, 5.41) is 13.8. The maximum atomic E-state index is 13.4. The number of piperidine rings is 1. The molecule has 1 atom stereocenters. The highest BCUT2D eigenvalue weighted by atomic mass is 19.2. The van der Waals surface area contributed by atoms with Gasteiger partial charge in [0.2, 0.25) is 0 Å². The average molecular weight is 364 g/mol. The van der Waals surface area contributed by atoms with E-state index in [0.717, 1.165) is 17.8 Å². The lowest BCUT2D eigenvalue weighted by Crippen LogP contribution is -2.57. The molecule has 1 aliphatic rings. The van der Waals surface area contributed by atoms with Crippen LogP contribution in [0, 0.1) is 11.6 Å². The topological polar surface area (TPSA) is 81.2 Å². The summed E-state index contributed by atoms with van der Waals surface area (Å²) in [5.74, 6) is -2.25. The number of hydrogen-bond donors (Lipinski definition) is 3. The van der Waals surface area contributed by atoms with E-state index in [9.17, 15) is 18.7 Å². The summed E-state index contributed by atoms with van der Waals surface area (Å²) < 4.78 is 26.4. The standard InChI is InChI=1S/C18H22F2N4O2/c19-15-3-2-13(8-16(15)20)10-24-7-1-5-18(26,17(24)25)11-21-6-4-14-9-22-12-23-14/h2-3,8-9,12,21,26H,1,4-7,10-11H2,(H,22,23)/t18-/m1/s1. The first-order chi connectivity index (χ1) is 12.5. The van der Waals surface area contributed by atoms with Crippen molar-refractivity contribution in [2.24, 2.45) is 0 Å². The van der Waals surface area contributed by atoms with Crippen LogP contribution in [0.15, 0.2) is 30.7 Å². The van der Waals surface area contributed by atoms with Crippen molar-refractivity contribution >= 4 is 5.91 Å². The fourth-order valence-corrected chi connectivity index (χ4v) is 3.18. The summed E-state index contributed by atoms with van der Waals surface area (Å²) >= 11 is 0. The molecule has 8 heteroatoms.